The summed E-state index contributed by atoms with van der Waals surface area (Å²) in [7, 11) is 0. The zero-order valence-electron chi connectivity index (χ0n) is 16.0. The van der Waals surface area contributed by atoms with Crippen molar-refractivity contribution in [3.8, 4) is 5.75 Å². The molecule has 4 nitrogen and oxygen atoms in total. The van der Waals surface area contributed by atoms with Gasteiger partial charge in [-0.15, -0.1) is 0 Å². The van der Waals surface area contributed by atoms with E-state index in [4.69, 9.17) is 9.84 Å². The van der Waals surface area contributed by atoms with Crippen LogP contribution in [0.5, 0.6) is 5.75 Å². The molecule has 7 heteroatoms. The first-order chi connectivity index (χ1) is 13.9. The number of hydrogen-bond donors (Lipinski definition) is 1. The van der Waals surface area contributed by atoms with Crippen LogP contribution in [0.1, 0.15) is 34.3 Å². The molecule has 0 bridgehead atoms. The second-order valence-corrected chi connectivity index (χ2v) is 7.24. The lowest BCUT2D eigenvalue weighted by Gasteiger charge is -2.32. The predicted molar refractivity (Wildman–Crippen MR) is 103 cm³/mol. The molecule has 0 aliphatic carbocycles. The molecule has 1 aliphatic rings. The summed E-state index contributed by atoms with van der Waals surface area (Å²) in [5.74, 6) is 0.118. The highest BCUT2D eigenvalue weighted by molar-refractivity contribution is 5.98. The van der Waals surface area contributed by atoms with Gasteiger partial charge in [-0.3, -0.25) is 9.69 Å². The van der Waals surface area contributed by atoms with Gasteiger partial charge >= 0.3 is 6.18 Å². The van der Waals surface area contributed by atoms with Gasteiger partial charge in [0.25, 0.3) is 0 Å². The largest absolute Gasteiger partial charge is 0.491 e. The molecule has 3 rings (SSSR count). The smallest absolute Gasteiger partial charge is 0.416 e. The van der Waals surface area contributed by atoms with Crippen LogP contribution in [0, 0.1) is 5.92 Å². The molecule has 0 amide bonds. The molecule has 0 radical (unpaired) electrons. The molecule has 1 atom stereocenters. The summed E-state index contributed by atoms with van der Waals surface area (Å²) in [4.78, 5) is 15.0. The van der Waals surface area contributed by atoms with E-state index < -0.39 is 11.7 Å². The van der Waals surface area contributed by atoms with Crippen molar-refractivity contribution >= 4 is 5.78 Å². The number of ketones is 1. The van der Waals surface area contributed by atoms with Crippen LogP contribution in [-0.4, -0.2) is 42.1 Å². The van der Waals surface area contributed by atoms with Crippen LogP contribution in [0.25, 0.3) is 0 Å². The van der Waals surface area contributed by atoms with E-state index in [-0.39, 0.29) is 30.5 Å². The van der Waals surface area contributed by atoms with E-state index in [1.165, 1.54) is 12.1 Å². The maximum Gasteiger partial charge on any atom is 0.416 e. The first-order valence-electron chi connectivity index (χ1n) is 9.63. The lowest BCUT2D eigenvalue weighted by molar-refractivity contribution is -0.137. The lowest BCUT2D eigenvalue weighted by atomic mass is 9.89. The van der Waals surface area contributed by atoms with Crippen LogP contribution in [0.3, 0.4) is 0 Å². The van der Waals surface area contributed by atoms with E-state index in [1.807, 2.05) is 24.3 Å². The van der Waals surface area contributed by atoms with Gasteiger partial charge in [-0.2, -0.15) is 13.2 Å². The van der Waals surface area contributed by atoms with Crippen molar-refractivity contribution < 1.29 is 27.8 Å². The number of halogens is 3. The summed E-state index contributed by atoms with van der Waals surface area (Å²) in [5, 5.41) is 8.87. The highest BCUT2D eigenvalue weighted by Gasteiger charge is 2.32. The summed E-state index contributed by atoms with van der Waals surface area (Å²) >= 11 is 0. The highest BCUT2D eigenvalue weighted by Crippen LogP contribution is 2.31. The number of piperidine rings is 1. The molecule has 1 aliphatic heterocycles. The fraction of sp³-hybridized carbons (Fsp3) is 0.409. The number of ether oxygens (including phenoxy) is 1. The van der Waals surface area contributed by atoms with Gasteiger partial charge in [-0.25, -0.2) is 0 Å². The number of rotatable bonds is 7. The Kier molecular flexibility index (Phi) is 6.92. The fourth-order valence-corrected chi connectivity index (χ4v) is 3.65. The Morgan fingerprint density at radius 1 is 1.17 bits per heavy atom. The molecule has 1 fully saturated rings. The first kappa shape index (κ1) is 21.3. The zero-order chi connectivity index (χ0) is 20.9. The number of aliphatic hydroxyl groups excluding tert-OH is 1. The Morgan fingerprint density at radius 2 is 1.97 bits per heavy atom. The Bertz CT molecular complexity index is 838. The van der Waals surface area contributed by atoms with Gasteiger partial charge in [-0.1, -0.05) is 24.3 Å². The summed E-state index contributed by atoms with van der Waals surface area (Å²) in [6, 6.07) is 12.2. The van der Waals surface area contributed by atoms with Gasteiger partial charge in [0, 0.05) is 24.6 Å². The number of benzene rings is 2. The minimum absolute atomic E-state index is 0.0598. The summed E-state index contributed by atoms with van der Waals surface area (Å²) < 4.78 is 44.3. The van der Waals surface area contributed by atoms with E-state index in [0.717, 1.165) is 30.7 Å². The maximum atomic E-state index is 12.9. The van der Waals surface area contributed by atoms with E-state index >= 15 is 0 Å². The molecule has 1 saturated heterocycles. The summed E-state index contributed by atoms with van der Waals surface area (Å²) in [6.45, 7) is 2.13. The van der Waals surface area contributed by atoms with Crippen molar-refractivity contribution in [2.45, 2.75) is 25.6 Å². The minimum atomic E-state index is -4.46. The molecule has 0 aromatic heterocycles. The van der Waals surface area contributed by atoms with E-state index in [2.05, 4.69) is 4.90 Å². The average molecular weight is 407 g/mol. The van der Waals surface area contributed by atoms with Crippen molar-refractivity contribution in [1.82, 2.24) is 4.90 Å². The molecule has 0 saturated carbocycles. The van der Waals surface area contributed by atoms with E-state index in [1.54, 1.807) is 0 Å². The molecular formula is C22H24F3NO3. The van der Waals surface area contributed by atoms with Gasteiger partial charge < -0.3 is 9.84 Å². The summed E-state index contributed by atoms with van der Waals surface area (Å²) in [5.41, 5.74) is 0.342. The van der Waals surface area contributed by atoms with Gasteiger partial charge in [0.05, 0.1) is 12.2 Å². The van der Waals surface area contributed by atoms with Crippen molar-refractivity contribution in [2.75, 3.05) is 26.3 Å². The number of alkyl halides is 3. The van der Waals surface area contributed by atoms with E-state index in [9.17, 15) is 18.0 Å². The number of aliphatic hydroxyl groups is 1. The normalized spacial score (nSPS) is 17.9. The fourth-order valence-electron chi connectivity index (χ4n) is 3.65. The van der Waals surface area contributed by atoms with Crippen molar-refractivity contribution in [2.24, 2.45) is 5.92 Å². The van der Waals surface area contributed by atoms with Crippen LogP contribution in [0.15, 0.2) is 48.5 Å². The Morgan fingerprint density at radius 3 is 2.72 bits per heavy atom. The quantitative estimate of drug-likeness (QED) is 0.700. The molecule has 1 heterocycles. The molecule has 29 heavy (non-hydrogen) atoms. The van der Waals surface area contributed by atoms with Crippen LogP contribution in [0.4, 0.5) is 13.2 Å². The number of likely N-dealkylation sites (tertiary alicyclic amines) is 1. The molecule has 0 unspecified atom stereocenters. The van der Waals surface area contributed by atoms with Crippen LogP contribution in [-0.2, 0) is 12.7 Å². The third kappa shape index (κ3) is 5.81. The van der Waals surface area contributed by atoms with Crippen molar-refractivity contribution in [3.63, 3.8) is 0 Å². The number of hydrogen-bond acceptors (Lipinski definition) is 4. The van der Waals surface area contributed by atoms with Crippen molar-refractivity contribution in [1.29, 1.82) is 0 Å². The topological polar surface area (TPSA) is 49.8 Å². The molecular weight excluding hydrogens is 383 g/mol. The molecule has 0 spiro atoms. The molecule has 2 aromatic rings. The SMILES string of the molecule is O=C(c1cccc(C(F)(F)F)c1)[C@@H]1CCCN(Cc2cccc(OCCO)c2)C1. The number of carbonyl (C=O) groups is 1. The first-order valence-corrected chi connectivity index (χ1v) is 9.63. The maximum absolute atomic E-state index is 12.9. The Balaban J connectivity index is 1.65. The van der Waals surface area contributed by atoms with Gasteiger partial charge in [0.2, 0.25) is 0 Å². The Hall–Kier alpha value is -2.38. The monoisotopic (exact) mass is 407 g/mol. The zero-order valence-corrected chi connectivity index (χ0v) is 16.0. The average Bonchev–Trinajstić information content (AvgIpc) is 2.72. The number of Topliss-reactive ketones (excluding diaryl/α,β-unsaturated/α-hetero) is 1. The molecule has 1 N–H and O–H groups in total. The van der Waals surface area contributed by atoms with Gasteiger partial charge in [0.1, 0.15) is 12.4 Å². The van der Waals surface area contributed by atoms with Crippen LogP contribution in [0.2, 0.25) is 0 Å². The highest BCUT2D eigenvalue weighted by atomic mass is 19.4. The summed E-state index contributed by atoms with van der Waals surface area (Å²) in [6.07, 6.45) is -2.97. The van der Waals surface area contributed by atoms with Gasteiger partial charge in [-0.05, 0) is 49.2 Å². The van der Waals surface area contributed by atoms with Crippen LogP contribution >= 0.6 is 0 Å². The molecule has 156 valence electrons. The predicted octanol–water partition coefficient (Wildman–Crippen LogP) is 4.17. The lowest BCUT2D eigenvalue weighted by Crippen LogP contribution is -2.38. The minimum Gasteiger partial charge on any atom is -0.491 e. The van der Waals surface area contributed by atoms with Crippen molar-refractivity contribution in [3.05, 3.63) is 65.2 Å². The molecule has 2 aromatic carbocycles. The van der Waals surface area contributed by atoms with Gasteiger partial charge in [0.15, 0.2) is 5.78 Å². The van der Waals surface area contributed by atoms with Crippen LogP contribution < -0.4 is 4.74 Å². The third-order valence-electron chi connectivity index (χ3n) is 5.02. The number of carbonyl (C=O) groups excluding carboxylic acids is 1. The standard InChI is InChI=1S/C22H24F3NO3/c23-22(24,25)19-7-2-5-17(13-19)21(28)18-6-3-9-26(15-18)14-16-4-1-8-20(12-16)29-11-10-27/h1-2,4-5,7-8,12-13,18,27H,3,6,9-11,14-15H2/t18-/m1/s1. The van der Waals surface area contributed by atoms with E-state index in [0.29, 0.717) is 25.3 Å². The number of nitrogens with zero attached hydrogens (tertiary/aromatic N) is 1. The second kappa shape index (κ2) is 9.41. The third-order valence-corrected chi connectivity index (χ3v) is 5.02. The Labute approximate surface area is 167 Å². The second-order valence-electron chi connectivity index (χ2n) is 7.24.